The van der Waals surface area contributed by atoms with Crippen LogP contribution in [0.3, 0.4) is 0 Å². The molecule has 0 atom stereocenters. The van der Waals surface area contributed by atoms with Gasteiger partial charge < -0.3 is 4.98 Å². The van der Waals surface area contributed by atoms with Crippen LogP contribution in [-0.4, -0.2) is 14.8 Å². The number of nitrogens with zero attached hydrogens (tertiary/aromatic N) is 2. The zero-order valence-electron chi connectivity index (χ0n) is 11.9. The van der Waals surface area contributed by atoms with Crippen molar-refractivity contribution in [3.8, 4) is 5.69 Å². The molecule has 0 amide bonds. The Kier molecular flexibility index (Phi) is 2.93. The topological polar surface area (TPSA) is 50.7 Å². The zero-order valence-corrected chi connectivity index (χ0v) is 11.9. The zero-order chi connectivity index (χ0) is 14.3. The van der Waals surface area contributed by atoms with Crippen LogP contribution in [0.1, 0.15) is 23.9 Å². The molecular weight excluding hydrogens is 250 g/mol. The molecule has 0 aliphatic carbocycles. The number of aryl methyl sites for hydroxylation is 3. The van der Waals surface area contributed by atoms with Crippen molar-refractivity contribution in [2.45, 2.75) is 27.2 Å². The van der Waals surface area contributed by atoms with E-state index in [9.17, 15) is 4.79 Å². The van der Waals surface area contributed by atoms with Crippen LogP contribution in [0.4, 0.5) is 0 Å². The molecule has 102 valence electrons. The fourth-order valence-electron chi connectivity index (χ4n) is 2.42. The predicted molar refractivity (Wildman–Crippen MR) is 80.5 cm³/mol. The number of aromatic nitrogens is 3. The number of aromatic amines is 1. The minimum absolute atomic E-state index is 0.0338. The van der Waals surface area contributed by atoms with E-state index in [-0.39, 0.29) is 5.43 Å². The van der Waals surface area contributed by atoms with Gasteiger partial charge in [-0.1, -0.05) is 24.6 Å². The van der Waals surface area contributed by atoms with Crippen LogP contribution in [0, 0.1) is 13.8 Å². The molecule has 3 rings (SSSR count). The highest BCUT2D eigenvalue weighted by atomic mass is 16.1. The average Bonchev–Trinajstić information content (AvgIpc) is 2.77. The number of hydrogen-bond donors (Lipinski definition) is 1. The second-order valence-corrected chi connectivity index (χ2v) is 5.07. The molecule has 0 fully saturated rings. The van der Waals surface area contributed by atoms with E-state index >= 15 is 0 Å². The first kappa shape index (κ1) is 12.7. The van der Waals surface area contributed by atoms with Gasteiger partial charge in [-0.2, -0.15) is 5.10 Å². The van der Waals surface area contributed by atoms with E-state index in [1.165, 1.54) is 5.56 Å². The molecule has 2 aromatic heterocycles. The second kappa shape index (κ2) is 4.63. The van der Waals surface area contributed by atoms with Crippen molar-refractivity contribution in [2.24, 2.45) is 0 Å². The Bertz CT molecular complexity index is 825. The van der Waals surface area contributed by atoms with E-state index in [1.54, 1.807) is 6.07 Å². The third-order valence-electron chi connectivity index (χ3n) is 3.55. The number of benzene rings is 1. The Morgan fingerprint density at radius 1 is 1.20 bits per heavy atom. The lowest BCUT2D eigenvalue weighted by Gasteiger charge is -2.05. The molecule has 4 nitrogen and oxygen atoms in total. The van der Waals surface area contributed by atoms with Gasteiger partial charge in [0.1, 0.15) is 5.65 Å². The summed E-state index contributed by atoms with van der Waals surface area (Å²) in [6.45, 7) is 5.94. The number of hydrogen-bond acceptors (Lipinski definition) is 2. The Balaban J connectivity index is 2.33. The molecule has 0 saturated carbocycles. The van der Waals surface area contributed by atoms with Crippen LogP contribution < -0.4 is 5.43 Å². The summed E-state index contributed by atoms with van der Waals surface area (Å²) in [5.74, 6) is 0. The summed E-state index contributed by atoms with van der Waals surface area (Å²) < 4.78 is 1.81. The summed E-state index contributed by atoms with van der Waals surface area (Å²) in [4.78, 5) is 15.5. The van der Waals surface area contributed by atoms with Gasteiger partial charge in [0.25, 0.3) is 0 Å². The van der Waals surface area contributed by atoms with Crippen molar-refractivity contribution in [2.75, 3.05) is 0 Å². The largest absolute Gasteiger partial charge is 0.343 e. The van der Waals surface area contributed by atoms with E-state index in [1.807, 2.05) is 49.7 Å². The van der Waals surface area contributed by atoms with Gasteiger partial charge in [0.15, 0.2) is 5.43 Å². The van der Waals surface area contributed by atoms with Gasteiger partial charge in [0.05, 0.1) is 16.8 Å². The Morgan fingerprint density at radius 3 is 2.55 bits per heavy atom. The monoisotopic (exact) mass is 267 g/mol. The molecule has 0 radical (unpaired) electrons. The number of nitrogens with one attached hydrogen (secondary N) is 1. The normalized spacial score (nSPS) is 11.2. The first-order valence-corrected chi connectivity index (χ1v) is 6.78. The fraction of sp³-hybridized carbons (Fsp3) is 0.250. The van der Waals surface area contributed by atoms with E-state index < -0.39 is 0 Å². The average molecular weight is 267 g/mol. The number of rotatable bonds is 2. The molecule has 2 heterocycles. The highest BCUT2D eigenvalue weighted by Gasteiger charge is 2.13. The quantitative estimate of drug-likeness (QED) is 0.776. The maximum atomic E-state index is 12.2. The van der Waals surface area contributed by atoms with Gasteiger partial charge in [-0.15, -0.1) is 0 Å². The summed E-state index contributed by atoms with van der Waals surface area (Å²) in [7, 11) is 0. The van der Waals surface area contributed by atoms with Gasteiger partial charge in [-0.25, -0.2) is 4.68 Å². The SMILES string of the molecule is CCc1cc(=O)c2c(C)nn(-c3ccc(C)cc3)c2[nH]1. The first-order chi connectivity index (χ1) is 9.60. The lowest BCUT2D eigenvalue weighted by Crippen LogP contribution is -2.06. The Morgan fingerprint density at radius 2 is 1.90 bits per heavy atom. The van der Waals surface area contributed by atoms with Gasteiger partial charge in [0.2, 0.25) is 0 Å². The van der Waals surface area contributed by atoms with Crippen molar-refractivity contribution in [3.05, 3.63) is 57.5 Å². The Labute approximate surface area is 117 Å². The number of fused-ring (bicyclic) bond motifs is 1. The van der Waals surface area contributed by atoms with Crippen LogP contribution >= 0.6 is 0 Å². The standard InChI is InChI=1S/C16H17N3O/c1-4-12-9-14(20)15-11(3)18-19(16(15)17-12)13-7-5-10(2)6-8-13/h5-9H,4H2,1-3H3,(H,17,20). The number of pyridine rings is 1. The smallest absolute Gasteiger partial charge is 0.193 e. The summed E-state index contributed by atoms with van der Waals surface area (Å²) >= 11 is 0. The molecule has 1 aromatic carbocycles. The number of H-pyrrole nitrogens is 1. The highest BCUT2D eigenvalue weighted by molar-refractivity contribution is 5.79. The lowest BCUT2D eigenvalue weighted by atomic mass is 10.2. The third kappa shape index (κ3) is 1.93. The Hall–Kier alpha value is -2.36. The minimum atomic E-state index is 0.0338. The summed E-state index contributed by atoms with van der Waals surface area (Å²) in [5, 5.41) is 5.18. The van der Waals surface area contributed by atoms with Crippen molar-refractivity contribution >= 4 is 11.0 Å². The van der Waals surface area contributed by atoms with Gasteiger partial charge in [-0.05, 0) is 32.4 Å². The van der Waals surface area contributed by atoms with E-state index in [0.29, 0.717) is 5.39 Å². The molecule has 0 saturated heterocycles. The summed E-state index contributed by atoms with van der Waals surface area (Å²) in [6, 6.07) is 9.77. The van der Waals surface area contributed by atoms with E-state index in [2.05, 4.69) is 10.1 Å². The third-order valence-corrected chi connectivity index (χ3v) is 3.55. The lowest BCUT2D eigenvalue weighted by molar-refractivity contribution is 0.871. The first-order valence-electron chi connectivity index (χ1n) is 6.78. The minimum Gasteiger partial charge on any atom is -0.343 e. The van der Waals surface area contributed by atoms with E-state index in [0.717, 1.165) is 29.1 Å². The fourth-order valence-corrected chi connectivity index (χ4v) is 2.42. The molecule has 0 aliphatic heterocycles. The molecule has 20 heavy (non-hydrogen) atoms. The predicted octanol–water partition coefficient (Wildman–Crippen LogP) is 2.89. The molecule has 0 spiro atoms. The van der Waals surface area contributed by atoms with Crippen LogP contribution in [-0.2, 0) is 6.42 Å². The summed E-state index contributed by atoms with van der Waals surface area (Å²) in [5.41, 5.74) is 4.64. The van der Waals surface area contributed by atoms with Crippen LogP contribution in [0.15, 0.2) is 35.1 Å². The molecular formula is C16H17N3O. The van der Waals surface area contributed by atoms with Crippen LogP contribution in [0.5, 0.6) is 0 Å². The molecule has 4 heteroatoms. The summed E-state index contributed by atoms with van der Waals surface area (Å²) in [6.07, 6.45) is 0.795. The maximum Gasteiger partial charge on any atom is 0.193 e. The van der Waals surface area contributed by atoms with E-state index in [4.69, 9.17) is 0 Å². The highest BCUT2D eigenvalue weighted by Crippen LogP contribution is 2.18. The maximum absolute atomic E-state index is 12.2. The van der Waals surface area contributed by atoms with Gasteiger partial charge in [-0.3, -0.25) is 4.79 Å². The molecule has 0 unspecified atom stereocenters. The van der Waals surface area contributed by atoms with Gasteiger partial charge >= 0.3 is 0 Å². The van der Waals surface area contributed by atoms with Gasteiger partial charge in [0, 0.05) is 11.8 Å². The van der Waals surface area contributed by atoms with Crippen molar-refractivity contribution in [3.63, 3.8) is 0 Å². The van der Waals surface area contributed by atoms with Crippen LogP contribution in [0.2, 0.25) is 0 Å². The van der Waals surface area contributed by atoms with Crippen LogP contribution in [0.25, 0.3) is 16.7 Å². The van der Waals surface area contributed by atoms with Crippen molar-refractivity contribution in [1.82, 2.24) is 14.8 Å². The molecule has 0 aliphatic rings. The molecule has 3 aromatic rings. The second-order valence-electron chi connectivity index (χ2n) is 5.07. The van der Waals surface area contributed by atoms with Crippen molar-refractivity contribution in [1.29, 1.82) is 0 Å². The molecule has 0 bridgehead atoms. The van der Waals surface area contributed by atoms with Crippen molar-refractivity contribution < 1.29 is 0 Å². The molecule has 1 N–H and O–H groups in total.